The van der Waals surface area contributed by atoms with Crippen LogP contribution in [-0.2, 0) is 16.6 Å². The molecule has 3 aromatic rings. The molecule has 0 aliphatic rings. The van der Waals surface area contributed by atoms with Gasteiger partial charge in [0.05, 0.1) is 17.8 Å². The Hall–Kier alpha value is -2.82. The van der Waals surface area contributed by atoms with Crippen molar-refractivity contribution in [2.24, 2.45) is 5.73 Å². The van der Waals surface area contributed by atoms with Crippen molar-refractivity contribution in [1.82, 2.24) is 9.78 Å². The summed E-state index contributed by atoms with van der Waals surface area (Å²) in [4.78, 5) is 11.4. The molecule has 0 fully saturated rings. The van der Waals surface area contributed by atoms with Crippen molar-refractivity contribution in [3.05, 3.63) is 53.7 Å². The fourth-order valence-corrected chi connectivity index (χ4v) is 2.80. The summed E-state index contributed by atoms with van der Waals surface area (Å²) >= 11 is 0. The number of nitrogens with two attached hydrogens (primary N) is 2. The van der Waals surface area contributed by atoms with Crippen molar-refractivity contribution < 1.29 is 4.79 Å². The van der Waals surface area contributed by atoms with Crippen LogP contribution in [0.3, 0.4) is 0 Å². The zero-order valence-electron chi connectivity index (χ0n) is 14.2. The van der Waals surface area contributed by atoms with E-state index in [0.717, 1.165) is 27.7 Å². The van der Waals surface area contributed by atoms with Gasteiger partial charge in [0.15, 0.2) is 0 Å². The van der Waals surface area contributed by atoms with Crippen LogP contribution in [0.25, 0.3) is 16.5 Å². The number of aromatic nitrogens is 2. The van der Waals surface area contributed by atoms with Crippen molar-refractivity contribution in [2.75, 3.05) is 5.73 Å². The van der Waals surface area contributed by atoms with Crippen molar-refractivity contribution in [2.45, 2.75) is 32.6 Å². The van der Waals surface area contributed by atoms with Crippen molar-refractivity contribution in [3.8, 4) is 5.69 Å². The fraction of sp³-hybridized carbons (Fsp3) is 0.263. The van der Waals surface area contributed by atoms with Crippen LogP contribution in [0.5, 0.6) is 0 Å². The van der Waals surface area contributed by atoms with Gasteiger partial charge in [-0.1, -0.05) is 45.0 Å². The van der Waals surface area contributed by atoms with E-state index in [0.29, 0.717) is 5.82 Å². The predicted molar refractivity (Wildman–Crippen MR) is 97.1 cm³/mol. The van der Waals surface area contributed by atoms with E-state index in [4.69, 9.17) is 11.5 Å². The first kappa shape index (κ1) is 16.1. The molecule has 0 radical (unpaired) electrons. The number of nitrogen functional groups attached to an aromatic ring is 1. The summed E-state index contributed by atoms with van der Waals surface area (Å²) in [6.07, 6.45) is 0.182. The summed E-state index contributed by atoms with van der Waals surface area (Å²) in [5.41, 5.74) is 14.1. The van der Waals surface area contributed by atoms with Gasteiger partial charge in [-0.15, -0.1) is 0 Å². The Balaban J connectivity index is 2.20. The van der Waals surface area contributed by atoms with Crippen LogP contribution in [0.1, 0.15) is 32.0 Å². The first-order valence-corrected chi connectivity index (χ1v) is 7.92. The average Bonchev–Trinajstić information content (AvgIpc) is 2.88. The lowest BCUT2D eigenvalue weighted by Gasteiger charge is -2.14. The minimum absolute atomic E-state index is 0.0910. The number of anilines is 1. The van der Waals surface area contributed by atoms with Crippen molar-refractivity contribution >= 4 is 22.5 Å². The minimum atomic E-state index is -0.360. The molecular weight excluding hydrogens is 300 g/mol. The van der Waals surface area contributed by atoms with E-state index < -0.39 is 0 Å². The Bertz CT molecular complexity index is 919. The maximum Gasteiger partial charge on any atom is 0.221 e. The van der Waals surface area contributed by atoms with E-state index in [1.54, 1.807) is 4.68 Å². The third-order valence-corrected chi connectivity index (χ3v) is 4.05. The van der Waals surface area contributed by atoms with E-state index in [1.807, 2.05) is 42.5 Å². The van der Waals surface area contributed by atoms with E-state index in [2.05, 4.69) is 25.9 Å². The summed E-state index contributed by atoms with van der Waals surface area (Å²) in [5.74, 6) is 0.210. The summed E-state index contributed by atoms with van der Waals surface area (Å²) in [5, 5.41) is 6.70. The normalized spacial score (nSPS) is 11.8. The van der Waals surface area contributed by atoms with Gasteiger partial charge in [0.1, 0.15) is 5.82 Å². The topological polar surface area (TPSA) is 86.9 Å². The lowest BCUT2D eigenvalue weighted by atomic mass is 9.92. The number of benzene rings is 2. The molecular formula is C19H22N4O. The molecule has 5 heteroatoms. The van der Waals surface area contributed by atoms with Gasteiger partial charge in [0.25, 0.3) is 0 Å². The predicted octanol–water partition coefficient (Wildman–Crippen LogP) is 2.93. The van der Waals surface area contributed by atoms with Crippen LogP contribution >= 0.6 is 0 Å². The number of fused-ring (bicyclic) bond motifs is 1. The minimum Gasteiger partial charge on any atom is -0.384 e. The molecule has 0 saturated carbocycles. The summed E-state index contributed by atoms with van der Waals surface area (Å²) < 4.78 is 1.72. The third-order valence-electron chi connectivity index (χ3n) is 4.05. The van der Waals surface area contributed by atoms with Crippen LogP contribution in [0.15, 0.2) is 42.5 Å². The number of hydrogen-bond acceptors (Lipinski definition) is 3. The Kier molecular flexibility index (Phi) is 3.79. The number of nitrogens with zero attached hydrogens (tertiary/aromatic N) is 2. The second kappa shape index (κ2) is 5.67. The number of rotatable bonds is 3. The standard InChI is InChI=1S/C19H22N4O/c1-19(2,3)16-11-17(20)23(22-16)14-8-12-6-4-5-7-15(12)13(9-14)10-18(21)24/h4-9,11H,10,20H2,1-3H3,(H2,21,24). The lowest BCUT2D eigenvalue weighted by Crippen LogP contribution is -2.15. The highest BCUT2D eigenvalue weighted by atomic mass is 16.1. The molecule has 24 heavy (non-hydrogen) atoms. The first-order valence-electron chi connectivity index (χ1n) is 7.92. The van der Waals surface area contributed by atoms with E-state index in [1.165, 1.54) is 0 Å². The molecule has 0 unspecified atom stereocenters. The molecule has 5 nitrogen and oxygen atoms in total. The molecule has 1 aromatic heterocycles. The maximum atomic E-state index is 11.4. The fourth-order valence-electron chi connectivity index (χ4n) is 2.80. The maximum absolute atomic E-state index is 11.4. The molecule has 1 heterocycles. The van der Waals surface area contributed by atoms with Gasteiger partial charge in [0.2, 0.25) is 5.91 Å². The quantitative estimate of drug-likeness (QED) is 0.777. The van der Waals surface area contributed by atoms with Gasteiger partial charge < -0.3 is 11.5 Å². The third kappa shape index (κ3) is 2.97. The van der Waals surface area contributed by atoms with E-state index >= 15 is 0 Å². The second-order valence-electron chi connectivity index (χ2n) is 7.09. The van der Waals surface area contributed by atoms with Gasteiger partial charge in [-0.2, -0.15) is 5.10 Å². The number of carbonyl (C=O) groups is 1. The molecule has 0 aliphatic carbocycles. The number of hydrogen-bond donors (Lipinski definition) is 2. The monoisotopic (exact) mass is 322 g/mol. The SMILES string of the molecule is CC(C)(C)c1cc(N)n(-c2cc(CC(N)=O)c3ccccc3c2)n1. The molecule has 0 aliphatic heterocycles. The van der Waals surface area contributed by atoms with E-state index in [-0.39, 0.29) is 17.7 Å². The van der Waals surface area contributed by atoms with Gasteiger partial charge >= 0.3 is 0 Å². The van der Waals surface area contributed by atoms with Crippen molar-refractivity contribution in [1.29, 1.82) is 0 Å². The van der Waals surface area contributed by atoms with Gasteiger partial charge in [-0.05, 0) is 28.5 Å². The number of primary amides is 1. The molecule has 124 valence electrons. The van der Waals surface area contributed by atoms with Gasteiger partial charge in [-0.25, -0.2) is 4.68 Å². The molecule has 1 amide bonds. The van der Waals surface area contributed by atoms with Crippen LogP contribution in [0, 0.1) is 0 Å². The largest absolute Gasteiger partial charge is 0.384 e. The molecule has 0 atom stereocenters. The Morgan fingerprint density at radius 2 is 1.88 bits per heavy atom. The molecule has 3 rings (SSSR count). The van der Waals surface area contributed by atoms with Crippen LogP contribution in [0.2, 0.25) is 0 Å². The van der Waals surface area contributed by atoms with E-state index in [9.17, 15) is 4.79 Å². The molecule has 0 saturated heterocycles. The van der Waals surface area contributed by atoms with Crippen LogP contribution in [-0.4, -0.2) is 15.7 Å². The van der Waals surface area contributed by atoms with Crippen LogP contribution in [0.4, 0.5) is 5.82 Å². The van der Waals surface area contributed by atoms with Gasteiger partial charge in [-0.3, -0.25) is 4.79 Å². The number of carbonyl (C=O) groups excluding carboxylic acids is 1. The molecule has 0 spiro atoms. The first-order chi connectivity index (χ1) is 11.3. The number of amides is 1. The zero-order chi connectivity index (χ0) is 17.5. The molecule has 2 aromatic carbocycles. The van der Waals surface area contributed by atoms with Gasteiger partial charge in [0, 0.05) is 11.5 Å². The Morgan fingerprint density at radius 1 is 1.17 bits per heavy atom. The lowest BCUT2D eigenvalue weighted by molar-refractivity contribution is -0.117. The average molecular weight is 322 g/mol. The Morgan fingerprint density at radius 3 is 2.50 bits per heavy atom. The van der Waals surface area contributed by atoms with Crippen molar-refractivity contribution in [3.63, 3.8) is 0 Å². The molecule has 4 N–H and O–H groups in total. The highest BCUT2D eigenvalue weighted by Gasteiger charge is 2.20. The summed E-state index contributed by atoms with van der Waals surface area (Å²) in [7, 11) is 0. The summed E-state index contributed by atoms with van der Waals surface area (Å²) in [6.45, 7) is 6.29. The second-order valence-corrected chi connectivity index (χ2v) is 7.09. The highest BCUT2D eigenvalue weighted by Crippen LogP contribution is 2.28. The molecule has 0 bridgehead atoms. The Labute approximate surface area is 141 Å². The highest BCUT2D eigenvalue weighted by molar-refractivity contribution is 5.91. The zero-order valence-corrected chi connectivity index (χ0v) is 14.2. The smallest absolute Gasteiger partial charge is 0.221 e. The summed E-state index contributed by atoms with van der Waals surface area (Å²) in [6, 6.07) is 13.8. The van der Waals surface area contributed by atoms with Crippen LogP contribution < -0.4 is 11.5 Å².